The van der Waals surface area contributed by atoms with Crippen LogP contribution in [0.3, 0.4) is 0 Å². The number of rotatable bonds is 5. The van der Waals surface area contributed by atoms with E-state index < -0.39 is 5.97 Å². The summed E-state index contributed by atoms with van der Waals surface area (Å²) in [7, 11) is 0. The minimum absolute atomic E-state index is 0.173. The van der Waals surface area contributed by atoms with E-state index in [0.29, 0.717) is 17.9 Å². The smallest absolute Gasteiger partial charge is 0.360 e. The molecule has 0 spiro atoms. The molecule has 0 atom stereocenters. The highest BCUT2D eigenvalue weighted by Crippen LogP contribution is 2.12. The topological polar surface area (TPSA) is 57.0 Å². The molecule has 6 heteroatoms. The Labute approximate surface area is 122 Å². The summed E-state index contributed by atoms with van der Waals surface area (Å²) >= 11 is 0. The van der Waals surface area contributed by atoms with Gasteiger partial charge in [0.25, 0.3) is 0 Å². The Bertz CT molecular complexity index is 638. The van der Waals surface area contributed by atoms with Crippen LogP contribution in [0, 0.1) is 18.7 Å². The van der Waals surface area contributed by atoms with Gasteiger partial charge in [-0.2, -0.15) is 0 Å². The third-order valence-electron chi connectivity index (χ3n) is 3.00. The monoisotopic (exact) mass is 291 g/mol. The van der Waals surface area contributed by atoms with Crippen LogP contribution in [0.25, 0.3) is 0 Å². The van der Waals surface area contributed by atoms with Gasteiger partial charge in [0.15, 0.2) is 5.69 Å². The normalized spacial score (nSPS) is 10.9. The quantitative estimate of drug-likeness (QED) is 0.795. The maximum absolute atomic E-state index is 13.6. The van der Waals surface area contributed by atoms with Gasteiger partial charge in [0.2, 0.25) is 0 Å². The third kappa shape index (κ3) is 3.65. The molecule has 5 nitrogen and oxygen atoms in total. The number of carbonyl (C=O) groups excluding carboxylic acids is 1. The van der Waals surface area contributed by atoms with E-state index in [0.717, 1.165) is 0 Å². The lowest BCUT2D eigenvalue weighted by atomic mass is 10.2. The summed E-state index contributed by atoms with van der Waals surface area (Å²) in [4.78, 5) is 11.9. The predicted molar refractivity (Wildman–Crippen MR) is 75.4 cm³/mol. The molecule has 0 saturated heterocycles. The molecular weight excluding hydrogens is 273 g/mol. The standard InChI is InChI=1S/C15H18FN3O2/c1-10(2)9-21-15(20)14-11(3)19(18-17-14)8-12-6-4-5-7-13(12)16/h4-7,10H,8-9H2,1-3H3. The summed E-state index contributed by atoms with van der Waals surface area (Å²) in [6, 6.07) is 6.44. The highest BCUT2D eigenvalue weighted by molar-refractivity contribution is 5.88. The van der Waals surface area contributed by atoms with Gasteiger partial charge in [-0.15, -0.1) is 5.10 Å². The zero-order chi connectivity index (χ0) is 15.4. The molecule has 0 fully saturated rings. The molecule has 0 radical (unpaired) electrons. The van der Waals surface area contributed by atoms with Crippen molar-refractivity contribution in [3.05, 3.63) is 47.0 Å². The molecule has 0 aliphatic rings. The van der Waals surface area contributed by atoms with Gasteiger partial charge < -0.3 is 4.74 Å². The number of hydrogen-bond acceptors (Lipinski definition) is 4. The fraction of sp³-hybridized carbons (Fsp3) is 0.400. The van der Waals surface area contributed by atoms with E-state index >= 15 is 0 Å². The van der Waals surface area contributed by atoms with Gasteiger partial charge in [-0.25, -0.2) is 13.9 Å². The van der Waals surface area contributed by atoms with E-state index in [-0.39, 0.29) is 24.0 Å². The van der Waals surface area contributed by atoms with Gasteiger partial charge in [0, 0.05) is 5.56 Å². The minimum Gasteiger partial charge on any atom is -0.461 e. The summed E-state index contributed by atoms with van der Waals surface area (Å²) in [5, 5.41) is 7.73. The van der Waals surface area contributed by atoms with Crippen molar-refractivity contribution in [3.63, 3.8) is 0 Å². The molecule has 0 saturated carbocycles. The number of benzene rings is 1. The molecule has 1 aromatic carbocycles. The maximum Gasteiger partial charge on any atom is 0.360 e. The van der Waals surface area contributed by atoms with Crippen molar-refractivity contribution in [1.82, 2.24) is 15.0 Å². The number of nitrogens with zero attached hydrogens (tertiary/aromatic N) is 3. The molecule has 0 bridgehead atoms. The number of esters is 1. The van der Waals surface area contributed by atoms with Crippen molar-refractivity contribution in [2.75, 3.05) is 6.61 Å². The van der Waals surface area contributed by atoms with Crippen LogP contribution in [-0.4, -0.2) is 27.6 Å². The summed E-state index contributed by atoms with van der Waals surface area (Å²) in [5.41, 5.74) is 1.23. The molecule has 1 aromatic heterocycles. The largest absolute Gasteiger partial charge is 0.461 e. The lowest BCUT2D eigenvalue weighted by Crippen LogP contribution is -2.12. The summed E-state index contributed by atoms with van der Waals surface area (Å²) in [5.74, 6) is -0.556. The number of halogens is 1. The Balaban J connectivity index is 2.14. The van der Waals surface area contributed by atoms with Crippen LogP contribution in [0.1, 0.15) is 35.6 Å². The van der Waals surface area contributed by atoms with Crippen LogP contribution in [0.5, 0.6) is 0 Å². The Morgan fingerprint density at radius 2 is 2.10 bits per heavy atom. The number of aromatic nitrogens is 3. The molecule has 21 heavy (non-hydrogen) atoms. The second-order valence-electron chi connectivity index (χ2n) is 5.26. The average Bonchev–Trinajstić information content (AvgIpc) is 2.80. The van der Waals surface area contributed by atoms with Crippen LogP contribution >= 0.6 is 0 Å². The Morgan fingerprint density at radius 1 is 1.38 bits per heavy atom. The van der Waals surface area contributed by atoms with Gasteiger partial charge >= 0.3 is 5.97 Å². The van der Waals surface area contributed by atoms with Gasteiger partial charge in [0.05, 0.1) is 18.8 Å². The first-order chi connectivity index (χ1) is 9.99. The maximum atomic E-state index is 13.6. The molecule has 112 valence electrons. The van der Waals surface area contributed by atoms with Crippen LogP contribution in [0.4, 0.5) is 4.39 Å². The average molecular weight is 291 g/mol. The second-order valence-corrected chi connectivity index (χ2v) is 5.26. The first kappa shape index (κ1) is 15.2. The van der Waals surface area contributed by atoms with Crippen molar-refractivity contribution in [2.45, 2.75) is 27.3 Å². The predicted octanol–water partition coefficient (Wildman–Crippen LogP) is 2.59. The van der Waals surface area contributed by atoms with Crippen LogP contribution in [-0.2, 0) is 11.3 Å². The molecule has 1 heterocycles. The zero-order valence-electron chi connectivity index (χ0n) is 12.3. The molecule has 0 aliphatic carbocycles. The van der Waals surface area contributed by atoms with Crippen molar-refractivity contribution in [3.8, 4) is 0 Å². The zero-order valence-corrected chi connectivity index (χ0v) is 12.3. The SMILES string of the molecule is Cc1c(C(=O)OCC(C)C)nnn1Cc1ccccc1F. The van der Waals surface area contributed by atoms with E-state index in [1.54, 1.807) is 25.1 Å². The first-order valence-electron chi connectivity index (χ1n) is 6.79. The number of hydrogen-bond donors (Lipinski definition) is 0. The summed E-state index contributed by atoms with van der Waals surface area (Å²) in [6.45, 7) is 6.18. The van der Waals surface area contributed by atoms with Crippen molar-refractivity contribution >= 4 is 5.97 Å². The van der Waals surface area contributed by atoms with Crippen LogP contribution < -0.4 is 0 Å². The van der Waals surface area contributed by atoms with E-state index in [4.69, 9.17) is 4.74 Å². The van der Waals surface area contributed by atoms with Gasteiger partial charge in [-0.1, -0.05) is 37.3 Å². The molecule has 0 N–H and O–H groups in total. The van der Waals surface area contributed by atoms with Crippen molar-refractivity contribution in [2.24, 2.45) is 5.92 Å². The Kier molecular flexibility index (Phi) is 4.67. The molecule has 0 aliphatic heterocycles. The highest BCUT2D eigenvalue weighted by atomic mass is 19.1. The molecule has 0 amide bonds. The van der Waals surface area contributed by atoms with Gasteiger partial charge in [-0.05, 0) is 18.9 Å². The Morgan fingerprint density at radius 3 is 2.76 bits per heavy atom. The Hall–Kier alpha value is -2.24. The van der Waals surface area contributed by atoms with Crippen molar-refractivity contribution < 1.29 is 13.9 Å². The highest BCUT2D eigenvalue weighted by Gasteiger charge is 2.18. The molecule has 2 aromatic rings. The lowest BCUT2D eigenvalue weighted by molar-refractivity contribution is 0.0451. The van der Waals surface area contributed by atoms with E-state index in [9.17, 15) is 9.18 Å². The van der Waals surface area contributed by atoms with Crippen molar-refractivity contribution in [1.29, 1.82) is 0 Å². The summed E-state index contributed by atoms with van der Waals surface area (Å²) < 4.78 is 20.2. The van der Waals surface area contributed by atoms with E-state index in [1.165, 1.54) is 10.7 Å². The fourth-order valence-electron chi connectivity index (χ4n) is 1.80. The second kappa shape index (κ2) is 6.47. The first-order valence-corrected chi connectivity index (χ1v) is 6.79. The minimum atomic E-state index is -0.499. The van der Waals surface area contributed by atoms with E-state index in [2.05, 4.69) is 10.3 Å². The number of carbonyl (C=O) groups is 1. The number of ether oxygens (including phenoxy) is 1. The lowest BCUT2D eigenvalue weighted by Gasteiger charge is -2.07. The fourth-order valence-corrected chi connectivity index (χ4v) is 1.80. The van der Waals surface area contributed by atoms with Gasteiger partial charge in [0.1, 0.15) is 5.82 Å². The van der Waals surface area contributed by atoms with Crippen LogP contribution in [0.2, 0.25) is 0 Å². The summed E-state index contributed by atoms with van der Waals surface area (Å²) in [6.07, 6.45) is 0. The van der Waals surface area contributed by atoms with Gasteiger partial charge in [-0.3, -0.25) is 0 Å². The third-order valence-corrected chi connectivity index (χ3v) is 3.00. The van der Waals surface area contributed by atoms with Crippen LogP contribution in [0.15, 0.2) is 24.3 Å². The molecular formula is C15H18FN3O2. The molecule has 2 rings (SSSR count). The van der Waals surface area contributed by atoms with E-state index in [1.807, 2.05) is 13.8 Å². The molecule has 0 unspecified atom stereocenters.